The van der Waals surface area contributed by atoms with E-state index in [0.29, 0.717) is 24.1 Å². The first kappa shape index (κ1) is 13.0. The number of hydrogen-bond donors (Lipinski definition) is 0. The van der Waals surface area contributed by atoms with E-state index in [4.69, 9.17) is 16.0 Å². The lowest BCUT2D eigenvalue weighted by Crippen LogP contribution is -2.54. The molecule has 2 aliphatic rings. The Kier molecular flexibility index (Phi) is 3.03. The molecule has 0 N–H and O–H groups in total. The van der Waals surface area contributed by atoms with Crippen molar-refractivity contribution < 1.29 is 9.21 Å². The van der Waals surface area contributed by atoms with Crippen LogP contribution in [0.2, 0.25) is 5.02 Å². The minimum absolute atomic E-state index is 0.0849. The van der Waals surface area contributed by atoms with Crippen LogP contribution in [0.5, 0.6) is 0 Å². The van der Waals surface area contributed by atoms with E-state index in [2.05, 4.69) is 4.98 Å². The first-order valence-corrected chi connectivity index (χ1v) is 7.68. The molecular formula is C15H16ClN3O2. The molecule has 0 spiro atoms. The van der Waals surface area contributed by atoms with Crippen molar-refractivity contribution in [3.05, 3.63) is 23.2 Å². The normalized spacial score (nSPS) is 19.3. The molecule has 2 aliphatic heterocycles. The second-order valence-electron chi connectivity index (χ2n) is 5.74. The summed E-state index contributed by atoms with van der Waals surface area (Å²) in [7, 11) is 0. The Balaban J connectivity index is 1.45. The molecule has 3 heterocycles. The number of carbonyl (C=O) groups excluding carboxylic acids is 1. The number of halogens is 1. The Bertz CT molecular complexity index is 687. The van der Waals surface area contributed by atoms with E-state index < -0.39 is 0 Å². The molecule has 110 valence electrons. The Morgan fingerprint density at radius 1 is 1.29 bits per heavy atom. The lowest BCUT2D eigenvalue weighted by Gasteiger charge is -2.38. The fourth-order valence-electron chi connectivity index (χ4n) is 3.01. The van der Waals surface area contributed by atoms with Gasteiger partial charge in [-0.3, -0.25) is 4.79 Å². The quantitative estimate of drug-likeness (QED) is 0.855. The van der Waals surface area contributed by atoms with Crippen molar-refractivity contribution in [1.82, 2.24) is 9.88 Å². The maximum absolute atomic E-state index is 12.3. The van der Waals surface area contributed by atoms with Gasteiger partial charge in [-0.1, -0.05) is 11.6 Å². The summed E-state index contributed by atoms with van der Waals surface area (Å²) < 4.78 is 5.71. The first-order valence-electron chi connectivity index (χ1n) is 7.30. The van der Waals surface area contributed by atoms with Crippen molar-refractivity contribution in [2.45, 2.75) is 12.8 Å². The zero-order chi connectivity index (χ0) is 14.4. The highest BCUT2D eigenvalue weighted by Gasteiger charge is 2.38. The summed E-state index contributed by atoms with van der Waals surface area (Å²) in [5.74, 6) is 0.365. The molecule has 0 aliphatic carbocycles. The number of carbonyl (C=O) groups is 1. The SMILES string of the molecule is O=C(C1CN(c2nc3cc(Cl)ccc3o2)C1)N1CCCC1. The van der Waals surface area contributed by atoms with Crippen molar-refractivity contribution in [3.63, 3.8) is 0 Å². The third-order valence-electron chi connectivity index (χ3n) is 4.26. The molecule has 1 amide bonds. The zero-order valence-electron chi connectivity index (χ0n) is 11.6. The highest BCUT2D eigenvalue weighted by atomic mass is 35.5. The summed E-state index contributed by atoms with van der Waals surface area (Å²) in [4.78, 5) is 20.7. The van der Waals surface area contributed by atoms with Crippen LogP contribution in [0.1, 0.15) is 12.8 Å². The van der Waals surface area contributed by atoms with Gasteiger partial charge in [0.1, 0.15) is 5.52 Å². The number of rotatable bonds is 2. The monoisotopic (exact) mass is 305 g/mol. The maximum atomic E-state index is 12.3. The molecular weight excluding hydrogens is 290 g/mol. The van der Waals surface area contributed by atoms with Gasteiger partial charge in [-0.2, -0.15) is 4.98 Å². The molecule has 2 saturated heterocycles. The van der Waals surface area contributed by atoms with Crippen molar-refractivity contribution >= 4 is 34.6 Å². The number of oxazole rings is 1. The van der Waals surface area contributed by atoms with E-state index in [1.165, 1.54) is 0 Å². The van der Waals surface area contributed by atoms with E-state index in [1.54, 1.807) is 12.1 Å². The number of aromatic nitrogens is 1. The smallest absolute Gasteiger partial charge is 0.298 e. The third kappa shape index (κ3) is 2.25. The lowest BCUT2D eigenvalue weighted by atomic mass is 9.99. The topological polar surface area (TPSA) is 49.6 Å². The molecule has 0 radical (unpaired) electrons. The maximum Gasteiger partial charge on any atom is 0.298 e. The van der Waals surface area contributed by atoms with E-state index in [-0.39, 0.29) is 11.8 Å². The number of fused-ring (bicyclic) bond motifs is 1. The minimum atomic E-state index is 0.0849. The van der Waals surface area contributed by atoms with E-state index in [0.717, 1.165) is 37.0 Å². The molecule has 1 aromatic heterocycles. The fraction of sp³-hybridized carbons (Fsp3) is 0.467. The number of likely N-dealkylation sites (tertiary alicyclic amines) is 1. The summed E-state index contributed by atoms with van der Waals surface area (Å²) in [6.45, 7) is 3.21. The van der Waals surface area contributed by atoms with Gasteiger partial charge in [0, 0.05) is 31.2 Å². The third-order valence-corrected chi connectivity index (χ3v) is 4.49. The highest BCUT2D eigenvalue weighted by Crippen LogP contribution is 2.30. The van der Waals surface area contributed by atoms with Crippen LogP contribution in [-0.2, 0) is 4.79 Å². The largest absolute Gasteiger partial charge is 0.423 e. The van der Waals surface area contributed by atoms with Crippen LogP contribution in [0, 0.1) is 5.92 Å². The van der Waals surface area contributed by atoms with Gasteiger partial charge in [0.25, 0.3) is 6.01 Å². The summed E-state index contributed by atoms with van der Waals surface area (Å²) in [6.07, 6.45) is 2.27. The van der Waals surface area contributed by atoms with E-state index in [9.17, 15) is 4.79 Å². The first-order chi connectivity index (χ1) is 10.2. The Morgan fingerprint density at radius 3 is 2.81 bits per heavy atom. The molecule has 2 fully saturated rings. The standard InChI is InChI=1S/C15H16ClN3O2/c16-11-3-4-13-12(7-11)17-15(21-13)19-8-10(9-19)14(20)18-5-1-2-6-18/h3-4,7,10H,1-2,5-6,8-9H2. The Hall–Kier alpha value is -1.75. The van der Waals surface area contributed by atoms with Gasteiger partial charge in [0.05, 0.1) is 5.92 Å². The molecule has 21 heavy (non-hydrogen) atoms. The summed E-state index contributed by atoms with van der Waals surface area (Å²) in [5, 5.41) is 0.646. The average molecular weight is 306 g/mol. The van der Waals surface area contributed by atoms with Crippen LogP contribution >= 0.6 is 11.6 Å². The van der Waals surface area contributed by atoms with Crippen LogP contribution in [0.15, 0.2) is 22.6 Å². The Morgan fingerprint density at radius 2 is 2.05 bits per heavy atom. The summed E-state index contributed by atoms with van der Waals surface area (Å²) in [5.41, 5.74) is 1.48. The van der Waals surface area contributed by atoms with Crippen molar-refractivity contribution in [2.75, 3.05) is 31.1 Å². The zero-order valence-corrected chi connectivity index (χ0v) is 12.3. The summed E-state index contributed by atoms with van der Waals surface area (Å²) in [6, 6.07) is 5.98. The van der Waals surface area contributed by atoms with E-state index >= 15 is 0 Å². The highest BCUT2D eigenvalue weighted by molar-refractivity contribution is 6.31. The summed E-state index contributed by atoms with van der Waals surface area (Å²) >= 11 is 5.95. The number of amides is 1. The van der Waals surface area contributed by atoms with Crippen molar-refractivity contribution in [2.24, 2.45) is 5.92 Å². The molecule has 0 saturated carbocycles. The number of anilines is 1. The van der Waals surface area contributed by atoms with E-state index in [1.807, 2.05) is 15.9 Å². The molecule has 0 unspecified atom stereocenters. The van der Waals surface area contributed by atoms with Crippen LogP contribution < -0.4 is 4.90 Å². The van der Waals surface area contributed by atoms with Gasteiger partial charge in [-0.05, 0) is 31.0 Å². The predicted molar refractivity (Wildman–Crippen MR) is 80.5 cm³/mol. The van der Waals surface area contributed by atoms with Gasteiger partial charge < -0.3 is 14.2 Å². The van der Waals surface area contributed by atoms with Crippen molar-refractivity contribution in [1.29, 1.82) is 0 Å². The second-order valence-corrected chi connectivity index (χ2v) is 6.18. The molecule has 5 nitrogen and oxygen atoms in total. The van der Waals surface area contributed by atoms with Crippen molar-refractivity contribution in [3.8, 4) is 0 Å². The van der Waals surface area contributed by atoms with Gasteiger partial charge in [0.2, 0.25) is 5.91 Å². The minimum Gasteiger partial charge on any atom is -0.423 e. The molecule has 4 rings (SSSR count). The van der Waals surface area contributed by atoms with Gasteiger partial charge in [0.15, 0.2) is 5.58 Å². The molecule has 6 heteroatoms. The molecule has 2 aromatic rings. The Labute approximate surface area is 127 Å². The van der Waals surface area contributed by atoms with Gasteiger partial charge in [-0.15, -0.1) is 0 Å². The average Bonchev–Trinajstić information content (AvgIpc) is 3.04. The predicted octanol–water partition coefficient (Wildman–Crippen LogP) is 2.54. The number of benzene rings is 1. The van der Waals surface area contributed by atoms with Crippen LogP contribution in [-0.4, -0.2) is 42.0 Å². The van der Waals surface area contributed by atoms with Gasteiger partial charge >= 0.3 is 0 Å². The molecule has 0 atom stereocenters. The molecule has 0 bridgehead atoms. The second kappa shape index (κ2) is 4.91. The number of nitrogens with zero attached hydrogens (tertiary/aromatic N) is 3. The van der Waals surface area contributed by atoms with Crippen LogP contribution in [0.4, 0.5) is 6.01 Å². The van der Waals surface area contributed by atoms with Crippen LogP contribution in [0.25, 0.3) is 11.1 Å². The van der Waals surface area contributed by atoms with Crippen LogP contribution in [0.3, 0.4) is 0 Å². The lowest BCUT2D eigenvalue weighted by molar-refractivity contribution is -0.135. The molecule has 1 aromatic carbocycles. The van der Waals surface area contributed by atoms with Gasteiger partial charge in [-0.25, -0.2) is 0 Å². The number of hydrogen-bond acceptors (Lipinski definition) is 4. The fourth-order valence-corrected chi connectivity index (χ4v) is 3.18.